The number of nitrogens with two attached hydrogens (primary N) is 1. The first-order valence-electron chi connectivity index (χ1n) is 9.81. The number of sulfone groups is 1. The van der Waals surface area contributed by atoms with Gasteiger partial charge in [0.1, 0.15) is 0 Å². The first-order chi connectivity index (χ1) is 15.5. The third kappa shape index (κ3) is 6.23. The smallest absolute Gasteiger partial charge is 0.343 e. The molecule has 174 valence electrons. The lowest BCUT2D eigenvalue weighted by Gasteiger charge is -2.12. The van der Waals surface area contributed by atoms with Crippen LogP contribution in [-0.2, 0) is 18.9 Å². The van der Waals surface area contributed by atoms with Crippen molar-refractivity contribution in [3.8, 4) is 11.3 Å². The molecule has 1 heterocycles. The lowest BCUT2D eigenvalue weighted by atomic mass is 10.1. The maximum Gasteiger partial charge on any atom is 0.343 e. The number of aryl methyl sites for hydroxylation is 1. The average molecular weight is 490 g/mol. The van der Waals surface area contributed by atoms with E-state index in [0.717, 1.165) is 11.1 Å². The Hall–Kier alpha value is -3.11. The zero-order valence-electron chi connectivity index (χ0n) is 17.9. The number of nitrogens with one attached hydrogen (secondary N) is 1. The van der Waals surface area contributed by atoms with Crippen LogP contribution in [0.15, 0.2) is 59.6 Å². The maximum atomic E-state index is 12.7. The summed E-state index contributed by atoms with van der Waals surface area (Å²) in [6.45, 7) is 3.35. The highest BCUT2D eigenvalue weighted by Gasteiger charge is 2.29. The Bertz CT molecular complexity index is 1310. The molecule has 0 bridgehead atoms. The number of carbonyl (C=O) groups excluding carboxylic acids is 1. The molecule has 1 amide bonds. The monoisotopic (exact) mass is 490 g/mol. The Morgan fingerprint density at radius 2 is 1.79 bits per heavy atom. The summed E-state index contributed by atoms with van der Waals surface area (Å²) in [4.78, 5) is 30.5. The molecule has 1 unspecified atom stereocenters. The molecule has 0 spiro atoms. The number of nitrogen functional groups attached to an aromatic ring is 1. The molecule has 0 aliphatic rings. The van der Waals surface area contributed by atoms with Crippen LogP contribution in [0.2, 0.25) is 0 Å². The van der Waals surface area contributed by atoms with Gasteiger partial charge in [0.15, 0.2) is 26.8 Å². The van der Waals surface area contributed by atoms with Crippen LogP contribution in [0.25, 0.3) is 11.3 Å². The first kappa shape index (κ1) is 24.5. The minimum Gasteiger partial charge on any atom is -0.382 e. The molecule has 12 heteroatoms. The Morgan fingerprint density at radius 1 is 1.15 bits per heavy atom. The minimum atomic E-state index is -4.28. The lowest BCUT2D eigenvalue weighted by Crippen LogP contribution is -2.17. The first-order valence-corrected chi connectivity index (χ1v) is 13.2. The van der Waals surface area contributed by atoms with Gasteiger partial charge in [0.2, 0.25) is 0 Å². The molecule has 1 atom stereocenters. The van der Waals surface area contributed by atoms with Gasteiger partial charge in [-0.05, 0) is 38.1 Å². The molecule has 3 aromatic rings. The van der Waals surface area contributed by atoms with E-state index in [2.05, 4.69) is 19.8 Å². The Kier molecular flexibility index (Phi) is 7.28. The fourth-order valence-corrected chi connectivity index (χ4v) is 6.46. The van der Waals surface area contributed by atoms with Gasteiger partial charge in [-0.1, -0.05) is 29.8 Å². The van der Waals surface area contributed by atoms with Gasteiger partial charge >= 0.3 is 7.60 Å². The standard InChI is InChI=1S/C21H23N4O6PS/c1-3-31-32(27,28)13-33(29,30)17-10-8-16(9-11-17)24-21(26)19-20(22)23-12-18(25-19)15-6-4-14(2)5-7-15/h4-12H,3,13H2,1-2H3,(H2,22,23)(H,24,26)(H,27,28). The highest BCUT2D eigenvalue weighted by atomic mass is 32.2. The van der Waals surface area contributed by atoms with Gasteiger partial charge in [-0.2, -0.15) is 0 Å². The molecule has 3 rings (SSSR count). The van der Waals surface area contributed by atoms with E-state index in [-0.39, 0.29) is 28.7 Å². The second-order valence-electron chi connectivity index (χ2n) is 7.13. The Labute approximate surface area is 191 Å². The molecule has 1 aromatic heterocycles. The predicted octanol–water partition coefficient (Wildman–Crippen LogP) is 3.24. The molecular weight excluding hydrogens is 467 g/mol. The maximum absolute atomic E-state index is 12.7. The van der Waals surface area contributed by atoms with Crippen molar-refractivity contribution in [2.45, 2.75) is 18.7 Å². The van der Waals surface area contributed by atoms with Crippen LogP contribution in [0.3, 0.4) is 0 Å². The van der Waals surface area contributed by atoms with E-state index >= 15 is 0 Å². The van der Waals surface area contributed by atoms with E-state index < -0.39 is 28.8 Å². The van der Waals surface area contributed by atoms with Gasteiger partial charge < -0.3 is 20.5 Å². The van der Waals surface area contributed by atoms with Gasteiger partial charge in [0.05, 0.1) is 23.4 Å². The SMILES string of the molecule is CCOP(=O)(O)CS(=O)(=O)c1ccc(NC(=O)c2nc(-c3ccc(C)cc3)cnc2N)cc1. The number of aromatic nitrogens is 2. The predicted molar refractivity (Wildman–Crippen MR) is 125 cm³/mol. The summed E-state index contributed by atoms with van der Waals surface area (Å²) in [5.41, 5.74) is 7.30. The second kappa shape index (κ2) is 9.80. The zero-order chi connectivity index (χ0) is 24.2. The van der Waals surface area contributed by atoms with Crippen molar-refractivity contribution in [3.05, 3.63) is 66.0 Å². The summed E-state index contributed by atoms with van der Waals surface area (Å²) in [5.74, 6) is -0.682. The molecule has 0 radical (unpaired) electrons. The molecule has 0 saturated heterocycles. The summed E-state index contributed by atoms with van der Waals surface area (Å²) in [7, 11) is -8.36. The normalized spacial score (nSPS) is 13.3. The summed E-state index contributed by atoms with van der Waals surface area (Å²) in [6.07, 6.45) is 1.47. The van der Waals surface area contributed by atoms with Crippen molar-refractivity contribution in [3.63, 3.8) is 0 Å². The van der Waals surface area contributed by atoms with E-state index in [1.165, 1.54) is 37.4 Å². The van der Waals surface area contributed by atoms with Crippen molar-refractivity contribution < 1.29 is 27.2 Å². The van der Waals surface area contributed by atoms with Gasteiger partial charge in [-0.25, -0.2) is 18.4 Å². The van der Waals surface area contributed by atoms with Gasteiger partial charge in [0, 0.05) is 11.3 Å². The largest absolute Gasteiger partial charge is 0.382 e. The van der Waals surface area contributed by atoms with Crippen molar-refractivity contribution >= 4 is 34.8 Å². The van der Waals surface area contributed by atoms with Crippen LogP contribution in [0.1, 0.15) is 23.0 Å². The Morgan fingerprint density at radius 3 is 2.39 bits per heavy atom. The number of anilines is 2. The van der Waals surface area contributed by atoms with Crippen LogP contribution in [0.5, 0.6) is 0 Å². The van der Waals surface area contributed by atoms with Crippen LogP contribution in [-0.4, -0.2) is 41.3 Å². The van der Waals surface area contributed by atoms with Crippen molar-refractivity contribution in [1.82, 2.24) is 9.97 Å². The van der Waals surface area contributed by atoms with Crippen molar-refractivity contribution in [1.29, 1.82) is 0 Å². The average Bonchev–Trinajstić information content (AvgIpc) is 2.74. The van der Waals surface area contributed by atoms with Crippen LogP contribution in [0, 0.1) is 6.92 Å². The molecule has 0 aliphatic carbocycles. The molecule has 33 heavy (non-hydrogen) atoms. The van der Waals surface area contributed by atoms with Crippen LogP contribution >= 0.6 is 7.60 Å². The molecule has 0 fully saturated rings. The number of hydrogen-bond acceptors (Lipinski definition) is 8. The number of carbonyl (C=O) groups is 1. The third-order valence-electron chi connectivity index (χ3n) is 4.50. The van der Waals surface area contributed by atoms with E-state index in [1.54, 1.807) is 0 Å². The quantitative estimate of drug-likeness (QED) is 0.402. The summed E-state index contributed by atoms with van der Waals surface area (Å²) in [6, 6.07) is 12.7. The third-order valence-corrected chi connectivity index (χ3v) is 8.82. The number of hydrogen-bond donors (Lipinski definition) is 3. The van der Waals surface area contributed by atoms with E-state index in [1.807, 2.05) is 31.2 Å². The number of rotatable bonds is 8. The zero-order valence-corrected chi connectivity index (χ0v) is 19.6. The van der Waals surface area contributed by atoms with Gasteiger partial charge in [-0.15, -0.1) is 0 Å². The minimum absolute atomic E-state index is 0.0582. The number of benzene rings is 2. The van der Waals surface area contributed by atoms with E-state index in [9.17, 15) is 22.7 Å². The van der Waals surface area contributed by atoms with Crippen LogP contribution < -0.4 is 11.1 Å². The Balaban J connectivity index is 1.78. The topological polar surface area (TPSA) is 162 Å². The molecule has 10 nitrogen and oxygen atoms in total. The molecular formula is C21H23N4O6PS. The lowest BCUT2D eigenvalue weighted by molar-refractivity contribution is 0.102. The molecule has 4 N–H and O–H groups in total. The van der Waals surface area contributed by atoms with E-state index in [0.29, 0.717) is 5.69 Å². The highest BCUT2D eigenvalue weighted by Crippen LogP contribution is 2.44. The fourth-order valence-electron chi connectivity index (χ4n) is 2.89. The summed E-state index contributed by atoms with van der Waals surface area (Å²) < 4.78 is 41.2. The van der Waals surface area contributed by atoms with Gasteiger partial charge in [0.25, 0.3) is 5.91 Å². The van der Waals surface area contributed by atoms with Crippen molar-refractivity contribution in [2.24, 2.45) is 0 Å². The van der Waals surface area contributed by atoms with Crippen molar-refractivity contribution in [2.75, 3.05) is 23.2 Å². The highest BCUT2D eigenvalue weighted by molar-refractivity contribution is 7.97. The number of nitrogens with zero attached hydrogens (tertiary/aromatic N) is 2. The molecule has 0 saturated carbocycles. The summed E-state index contributed by atoms with van der Waals surface area (Å²) in [5, 5.41) is 2.59. The molecule has 0 aliphatic heterocycles. The molecule has 2 aromatic carbocycles. The van der Waals surface area contributed by atoms with Gasteiger partial charge in [-0.3, -0.25) is 9.36 Å². The fraction of sp³-hybridized carbons (Fsp3) is 0.190. The number of amides is 1. The van der Waals surface area contributed by atoms with E-state index in [4.69, 9.17) is 5.73 Å². The summed E-state index contributed by atoms with van der Waals surface area (Å²) >= 11 is 0. The second-order valence-corrected chi connectivity index (χ2v) is 11.4. The van der Waals surface area contributed by atoms with Crippen LogP contribution in [0.4, 0.5) is 11.5 Å².